The quantitative estimate of drug-likeness (QED) is 0.503. The molecule has 2 N–H and O–H groups in total. The Hall–Kier alpha value is -3.63. The lowest BCUT2D eigenvalue weighted by Gasteiger charge is -2.08. The molecule has 0 spiro atoms. The lowest BCUT2D eigenvalue weighted by Crippen LogP contribution is -2.23. The zero-order chi connectivity index (χ0) is 23.7. The Morgan fingerprint density at radius 3 is 2.62 bits per heavy atom. The van der Waals surface area contributed by atoms with Gasteiger partial charge in [-0.3, -0.25) is 4.79 Å². The molecule has 3 aromatic rings. The minimum absolute atomic E-state index is 0.0243. The molecule has 2 heterocycles. The highest BCUT2D eigenvalue weighted by atomic mass is 32.2. The van der Waals surface area contributed by atoms with Crippen molar-refractivity contribution in [2.24, 2.45) is 5.92 Å². The average Bonchev–Trinajstić information content (AvgIpc) is 3.50. The van der Waals surface area contributed by atoms with Gasteiger partial charge in [-0.15, -0.1) is 0 Å². The molecule has 5 rings (SSSR count). The maximum Gasteiger partial charge on any atom is 0.240 e. The van der Waals surface area contributed by atoms with Crippen LogP contribution >= 0.6 is 0 Å². The minimum Gasteiger partial charge on any atom is -0.454 e. The van der Waals surface area contributed by atoms with Gasteiger partial charge in [0, 0.05) is 12.5 Å². The highest BCUT2D eigenvalue weighted by Gasteiger charge is 2.30. The van der Waals surface area contributed by atoms with Crippen LogP contribution in [0.15, 0.2) is 51.9 Å². The number of aromatic nitrogens is 1. The van der Waals surface area contributed by atoms with E-state index in [2.05, 4.69) is 15.2 Å². The van der Waals surface area contributed by atoms with Gasteiger partial charge in [0.15, 0.2) is 17.3 Å². The highest BCUT2D eigenvalue weighted by molar-refractivity contribution is 7.89. The number of ether oxygens (including phenoxy) is 2. The molecule has 176 valence electrons. The van der Waals surface area contributed by atoms with Crippen LogP contribution in [-0.4, -0.2) is 26.3 Å². The number of hydrogen-bond acceptors (Lipinski definition) is 7. The predicted molar refractivity (Wildman–Crippen MR) is 125 cm³/mol. The second-order valence-electron chi connectivity index (χ2n) is 8.19. The van der Waals surface area contributed by atoms with E-state index in [1.165, 1.54) is 12.1 Å². The SMILES string of the molecule is Cc1noc(/C=C\c2ccc(S(=O)(=O)NCc3ccc4c(c3)OCO4)cc2)c1NC(=O)C1CC1. The summed E-state index contributed by atoms with van der Waals surface area (Å²) in [7, 11) is -3.70. The molecular weight excluding hydrogens is 458 g/mol. The van der Waals surface area contributed by atoms with Gasteiger partial charge in [-0.1, -0.05) is 29.4 Å². The second kappa shape index (κ2) is 8.96. The highest BCUT2D eigenvalue weighted by Crippen LogP contribution is 2.33. The molecular formula is C24H23N3O6S. The van der Waals surface area contributed by atoms with Crippen LogP contribution in [0.2, 0.25) is 0 Å². The molecule has 9 nitrogen and oxygen atoms in total. The summed E-state index contributed by atoms with van der Waals surface area (Å²) in [6, 6.07) is 11.7. The van der Waals surface area contributed by atoms with E-state index < -0.39 is 10.0 Å². The fraction of sp³-hybridized carbons (Fsp3) is 0.250. The van der Waals surface area contributed by atoms with E-state index in [0.717, 1.165) is 24.0 Å². The Morgan fingerprint density at radius 1 is 1.09 bits per heavy atom. The summed E-state index contributed by atoms with van der Waals surface area (Å²) >= 11 is 0. The second-order valence-corrected chi connectivity index (χ2v) is 9.95. The van der Waals surface area contributed by atoms with Crippen LogP contribution in [0.5, 0.6) is 11.5 Å². The van der Waals surface area contributed by atoms with Gasteiger partial charge in [-0.05, 0) is 61.2 Å². The van der Waals surface area contributed by atoms with E-state index in [9.17, 15) is 13.2 Å². The summed E-state index contributed by atoms with van der Waals surface area (Å²) in [5.74, 6) is 1.73. The zero-order valence-corrected chi connectivity index (χ0v) is 19.2. The molecule has 1 saturated carbocycles. The van der Waals surface area contributed by atoms with Crippen LogP contribution < -0.4 is 19.5 Å². The molecule has 1 aliphatic heterocycles. The summed E-state index contributed by atoms with van der Waals surface area (Å²) in [6.07, 6.45) is 5.28. The third-order valence-electron chi connectivity index (χ3n) is 5.61. The van der Waals surface area contributed by atoms with Gasteiger partial charge in [0.1, 0.15) is 11.4 Å². The summed E-state index contributed by atoms with van der Waals surface area (Å²) in [4.78, 5) is 12.2. The summed E-state index contributed by atoms with van der Waals surface area (Å²) in [5.41, 5.74) is 2.69. The van der Waals surface area contributed by atoms with Crippen LogP contribution in [0.3, 0.4) is 0 Å². The van der Waals surface area contributed by atoms with Gasteiger partial charge in [0.2, 0.25) is 22.7 Å². The molecule has 0 saturated heterocycles. The van der Waals surface area contributed by atoms with Crippen molar-refractivity contribution in [1.29, 1.82) is 0 Å². The lowest BCUT2D eigenvalue weighted by atomic mass is 10.2. The van der Waals surface area contributed by atoms with Crippen LogP contribution in [-0.2, 0) is 21.4 Å². The number of nitrogens with zero attached hydrogens (tertiary/aromatic N) is 1. The number of aryl methyl sites for hydroxylation is 1. The lowest BCUT2D eigenvalue weighted by molar-refractivity contribution is -0.117. The van der Waals surface area contributed by atoms with Gasteiger partial charge in [0.05, 0.1) is 4.90 Å². The smallest absolute Gasteiger partial charge is 0.240 e. The van der Waals surface area contributed by atoms with Gasteiger partial charge in [-0.25, -0.2) is 13.1 Å². The molecule has 0 radical (unpaired) electrons. The van der Waals surface area contributed by atoms with Gasteiger partial charge in [0.25, 0.3) is 0 Å². The summed E-state index contributed by atoms with van der Waals surface area (Å²) < 4.78 is 43.9. The Morgan fingerprint density at radius 2 is 1.85 bits per heavy atom. The van der Waals surface area contributed by atoms with E-state index in [1.807, 2.05) is 0 Å². The zero-order valence-electron chi connectivity index (χ0n) is 18.4. The van der Waals surface area contributed by atoms with Crippen molar-refractivity contribution in [1.82, 2.24) is 9.88 Å². The number of carbonyl (C=O) groups excluding carboxylic acids is 1. The number of fused-ring (bicyclic) bond motifs is 1. The first-order chi connectivity index (χ1) is 16.4. The molecule has 1 amide bonds. The van der Waals surface area contributed by atoms with Crippen molar-refractivity contribution >= 4 is 33.8 Å². The number of amides is 1. The molecule has 2 aliphatic rings. The Balaban J connectivity index is 1.23. The van der Waals surface area contributed by atoms with E-state index in [0.29, 0.717) is 28.6 Å². The Labute approximate surface area is 196 Å². The normalized spacial score (nSPS) is 15.1. The fourth-order valence-electron chi connectivity index (χ4n) is 3.47. The van der Waals surface area contributed by atoms with Crippen LogP contribution in [0, 0.1) is 12.8 Å². The third kappa shape index (κ3) is 4.82. The molecule has 0 unspecified atom stereocenters. The largest absolute Gasteiger partial charge is 0.454 e. The van der Waals surface area contributed by atoms with Crippen molar-refractivity contribution in [2.45, 2.75) is 31.2 Å². The van der Waals surface area contributed by atoms with Gasteiger partial charge in [-0.2, -0.15) is 0 Å². The minimum atomic E-state index is -3.70. The van der Waals surface area contributed by atoms with Crippen molar-refractivity contribution in [3.8, 4) is 11.5 Å². The Bertz CT molecular complexity index is 1360. The molecule has 0 atom stereocenters. The van der Waals surface area contributed by atoms with E-state index in [1.54, 1.807) is 49.4 Å². The number of anilines is 1. The first-order valence-corrected chi connectivity index (χ1v) is 12.3. The molecule has 2 aromatic carbocycles. The topological polar surface area (TPSA) is 120 Å². The number of rotatable bonds is 8. The summed E-state index contributed by atoms with van der Waals surface area (Å²) in [5, 5.41) is 6.81. The monoisotopic (exact) mass is 481 g/mol. The molecule has 1 fully saturated rings. The summed E-state index contributed by atoms with van der Waals surface area (Å²) in [6.45, 7) is 2.05. The maximum absolute atomic E-state index is 12.7. The molecule has 1 aliphatic carbocycles. The molecule has 0 bridgehead atoms. The number of benzene rings is 2. The third-order valence-corrected chi connectivity index (χ3v) is 7.02. The number of hydrogen-bond donors (Lipinski definition) is 2. The van der Waals surface area contributed by atoms with Crippen LogP contribution in [0.1, 0.15) is 35.4 Å². The molecule has 1 aromatic heterocycles. The molecule has 10 heteroatoms. The van der Waals surface area contributed by atoms with E-state index >= 15 is 0 Å². The first kappa shape index (κ1) is 22.2. The molecule has 34 heavy (non-hydrogen) atoms. The number of sulfonamides is 1. The number of nitrogens with one attached hydrogen (secondary N) is 2. The Kier molecular flexibility index (Phi) is 5.84. The van der Waals surface area contributed by atoms with Crippen LogP contribution in [0.4, 0.5) is 5.69 Å². The van der Waals surface area contributed by atoms with Crippen molar-refractivity contribution in [3.63, 3.8) is 0 Å². The number of carbonyl (C=O) groups is 1. The van der Waals surface area contributed by atoms with Crippen molar-refractivity contribution < 1.29 is 27.2 Å². The van der Waals surface area contributed by atoms with Crippen LogP contribution in [0.25, 0.3) is 12.2 Å². The van der Waals surface area contributed by atoms with Gasteiger partial charge < -0.3 is 19.3 Å². The standard InChI is InChI=1S/C24H23N3O6S/c1-15-23(26-24(28)18-6-7-18)21(33-27-15)11-4-16-2-8-19(9-3-16)34(29,30)25-13-17-5-10-20-22(12-17)32-14-31-20/h2-5,8-12,18,25H,6-7,13-14H2,1H3,(H,26,28)/b11-4-. The predicted octanol–water partition coefficient (Wildman–Crippen LogP) is 3.71. The fourth-order valence-corrected chi connectivity index (χ4v) is 4.48. The van der Waals surface area contributed by atoms with Crippen molar-refractivity contribution in [3.05, 3.63) is 65.0 Å². The maximum atomic E-state index is 12.7. The van der Waals surface area contributed by atoms with Gasteiger partial charge >= 0.3 is 0 Å². The van der Waals surface area contributed by atoms with E-state index in [4.69, 9.17) is 14.0 Å². The van der Waals surface area contributed by atoms with E-state index in [-0.39, 0.29) is 30.1 Å². The average molecular weight is 482 g/mol. The van der Waals surface area contributed by atoms with Crippen molar-refractivity contribution in [2.75, 3.05) is 12.1 Å². The first-order valence-electron chi connectivity index (χ1n) is 10.8.